The largest absolute Gasteiger partial charge is 0.487 e. The quantitative estimate of drug-likeness (QED) is 0.243. The molecule has 0 bridgehead atoms. The summed E-state index contributed by atoms with van der Waals surface area (Å²) in [5, 5.41) is 6.73. The van der Waals surface area contributed by atoms with Gasteiger partial charge in [0, 0.05) is 31.2 Å². The molecule has 0 aliphatic carbocycles. The summed E-state index contributed by atoms with van der Waals surface area (Å²) in [5.41, 5.74) is 2.71. The second-order valence-electron chi connectivity index (χ2n) is 7.31. The minimum Gasteiger partial charge on any atom is -0.487 e. The third kappa shape index (κ3) is 6.39. The van der Waals surface area contributed by atoms with Crippen LogP contribution in [0.4, 0.5) is 5.69 Å². The lowest BCUT2D eigenvalue weighted by atomic mass is 10.2. The van der Waals surface area contributed by atoms with Crippen molar-refractivity contribution in [1.82, 2.24) is 14.8 Å². The molecule has 0 saturated carbocycles. The van der Waals surface area contributed by atoms with Gasteiger partial charge in [-0.3, -0.25) is 14.5 Å². The van der Waals surface area contributed by atoms with Gasteiger partial charge in [0.05, 0.1) is 17.5 Å². The van der Waals surface area contributed by atoms with E-state index < -0.39 is 5.97 Å². The first kappa shape index (κ1) is 22.5. The lowest BCUT2D eigenvalue weighted by molar-refractivity contribution is -0.128. The zero-order valence-electron chi connectivity index (χ0n) is 18.4. The van der Waals surface area contributed by atoms with Crippen molar-refractivity contribution < 1.29 is 19.1 Å². The SMILES string of the molecule is Cn1cc(C(=O)Nc2ccc(OC(=O)/C=C/c3ccc(OCc4ccccn4)cc3)cc2)cn1. The smallest absolute Gasteiger partial charge is 0.336 e. The predicted molar refractivity (Wildman–Crippen MR) is 127 cm³/mol. The molecule has 8 heteroatoms. The molecule has 0 saturated heterocycles. The molecule has 0 aliphatic heterocycles. The van der Waals surface area contributed by atoms with Crippen molar-refractivity contribution in [3.8, 4) is 11.5 Å². The van der Waals surface area contributed by atoms with Crippen LogP contribution in [-0.4, -0.2) is 26.6 Å². The van der Waals surface area contributed by atoms with Gasteiger partial charge in [-0.1, -0.05) is 18.2 Å². The van der Waals surface area contributed by atoms with Crippen molar-refractivity contribution in [2.75, 3.05) is 5.32 Å². The molecule has 0 radical (unpaired) electrons. The van der Waals surface area contributed by atoms with Gasteiger partial charge in [0.2, 0.25) is 0 Å². The molecular weight excluding hydrogens is 432 g/mol. The summed E-state index contributed by atoms with van der Waals surface area (Å²) < 4.78 is 12.6. The van der Waals surface area contributed by atoms with E-state index in [0.717, 1.165) is 11.3 Å². The molecule has 34 heavy (non-hydrogen) atoms. The highest BCUT2D eigenvalue weighted by molar-refractivity contribution is 6.04. The molecule has 170 valence electrons. The van der Waals surface area contributed by atoms with Crippen molar-refractivity contribution in [3.05, 3.63) is 108 Å². The first-order chi connectivity index (χ1) is 16.5. The maximum atomic E-state index is 12.2. The van der Waals surface area contributed by atoms with Gasteiger partial charge in [-0.05, 0) is 60.2 Å². The average Bonchev–Trinajstić information content (AvgIpc) is 3.30. The van der Waals surface area contributed by atoms with E-state index in [9.17, 15) is 9.59 Å². The number of nitrogens with zero attached hydrogens (tertiary/aromatic N) is 3. The van der Waals surface area contributed by atoms with Crippen LogP contribution in [0.2, 0.25) is 0 Å². The molecule has 2 aromatic carbocycles. The lowest BCUT2D eigenvalue weighted by Crippen LogP contribution is -2.11. The summed E-state index contributed by atoms with van der Waals surface area (Å²) >= 11 is 0. The number of carbonyl (C=O) groups excluding carboxylic acids is 2. The number of hydrogen-bond acceptors (Lipinski definition) is 6. The fourth-order valence-electron chi connectivity index (χ4n) is 2.98. The topological polar surface area (TPSA) is 95.3 Å². The summed E-state index contributed by atoms with van der Waals surface area (Å²) in [6.45, 7) is 0.383. The van der Waals surface area contributed by atoms with Crippen molar-refractivity contribution in [3.63, 3.8) is 0 Å². The second-order valence-corrected chi connectivity index (χ2v) is 7.31. The Morgan fingerprint density at radius 2 is 1.76 bits per heavy atom. The molecule has 0 spiro atoms. The maximum Gasteiger partial charge on any atom is 0.336 e. The summed E-state index contributed by atoms with van der Waals surface area (Å²) in [6, 6.07) is 19.5. The number of rotatable bonds is 8. The molecule has 2 aromatic heterocycles. The highest BCUT2D eigenvalue weighted by atomic mass is 16.5. The number of aromatic nitrogens is 3. The molecule has 2 heterocycles. The molecular formula is C26H22N4O4. The Morgan fingerprint density at radius 3 is 2.44 bits per heavy atom. The van der Waals surface area contributed by atoms with Crippen molar-refractivity contribution in [2.24, 2.45) is 7.05 Å². The maximum absolute atomic E-state index is 12.2. The van der Waals surface area contributed by atoms with Crippen LogP contribution in [0, 0.1) is 0 Å². The van der Waals surface area contributed by atoms with E-state index >= 15 is 0 Å². The third-order valence-electron chi connectivity index (χ3n) is 4.70. The van der Waals surface area contributed by atoms with E-state index in [0.29, 0.717) is 29.4 Å². The molecule has 4 rings (SSSR count). The van der Waals surface area contributed by atoms with Crippen LogP contribution in [0.25, 0.3) is 6.08 Å². The number of ether oxygens (including phenoxy) is 2. The summed E-state index contributed by atoms with van der Waals surface area (Å²) in [4.78, 5) is 28.5. The minimum absolute atomic E-state index is 0.270. The van der Waals surface area contributed by atoms with E-state index in [4.69, 9.17) is 9.47 Å². The number of hydrogen-bond donors (Lipinski definition) is 1. The van der Waals surface area contributed by atoms with Crippen LogP contribution in [-0.2, 0) is 18.4 Å². The molecule has 0 atom stereocenters. The van der Waals surface area contributed by atoms with Crippen LogP contribution in [0.3, 0.4) is 0 Å². The van der Waals surface area contributed by atoms with Gasteiger partial charge in [0.25, 0.3) is 5.91 Å². The molecule has 4 aromatic rings. The van der Waals surface area contributed by atoms with Crippen LogP contribution >= 0.6 is 0 Å². The highest BCUT2D eigenvalue weighted by Crippen LogP contribution is 2.18. The Kier molecular flexibility index (Phi) is 7.09. The van der Waals surface area contributed by atoms with E-state index in [1.54, 1.807) is 54.5 Å². The minimum atomic E-state index is -0.511. The summed E-state index contributed by atoms with van der Waals surface area (Å²) in [6.07, 6.45) is 7.85. The van der Waals surface area contributed by atoms with Gasteiger partial charge >= 0.3 is 5.97 Å². The van der Waals surface area contributed by atoms with Gasteiger partial charge in [-0.15, -0.1) is 0 Å². The number of anilines is 1. The van der Waals surface area contributed by atoms with Crippen LogP contribution in [0.1, 0.15) is 21.6 Å². The molecule has 0 aliphatic rings. The Labute approximate surface area is 196 Å². The lowest BCUT2D eigenvalue weighted by Gasteiger charge is -2.06. The molecule has 1 amide bonds. The number of esters is 1. The van der Waals surface area contributed by atoms with Gasteiger partial charge < -0.3 is 14.8 Å². The number of amides is 1. The van der Waals surface area contributed by atoms with Gasteiger partial charge in [-0.2, -0.15) is 5.10 Å². The first-order valence-electron chi connectivity index (χ1n) is 10.5. The van der Waals surface area contributed by atoms with Crippen molar-refractivity contribution >= 4 is 23.6 Å². The van der Waals surface area contributed by atoms with E-state index in [2.05, 4.69) is 15.4 Å². The van der Waals surface area contributed by atoms with Gasteiger partial charge in [0.15, 0.2) is 0 Å². The molecule has 8 nitrogen and oxygen atoms in total. The standard InChI is InChI=1S/C26H22N4O4/c1-30-17-20(16-28-30)26(32)29-21-8-12-24(13-9-21)34-25(31)14-7-19-5-10-23(11-6-19)33-18-22-4-2-3-15-27-22/h2-17H,18H2,1H3,(H,29,32)/b14-7+. The van der Waals surface area contributed by atoms with Gasteiger partial charge in [-0.25, -0.2) is 4.79 Å². The number of pyridine rings is 1. The summed E-state index contributed by atoms with van der Waals surface area (Å²) in [5.74, 6) is 0.296. The Balaban J connectivity index is 1.25. The highest BCUT2D eigenvalue weighted by Gasteiger charge is 2.08. The fourth-order valence-corrected chi connectivity index (χ4v) is 2.98. The molecule has 1 N–H and O–H groups in total. The van der Waals surface area contributed by atoms with Crippen molar-refractivity contribution in [2.45, 2.75) is 6.61 Å². The van der Waals surface area contributed by atoms with Crippen LogP contribution in [0.5, 0.6) is 11.5 Å². The van der Waals surface area contributed by atoms with Crippen LogP contribution in [0.15, 0.2) is 91.4 Å². The number of nitrogens with one attached hydrogen (secondary N) is 1. The third-order valence-corrected chi connectivity index (χ3v) is 4.70. The van der Waals surface area contributed by atoms with Crippen LogP contribution < -0.4 is 14.8 Å². The Hall–Kier alpha value is -4.72. The zero-order chi connectivity index (χ0) is 23.8. The normalized spacial score (nSPS) is 10.7. The number of aryl methyl sites for hydroxylation is 1. The monoisotopic (exact) mass is 454 g/mol. The first-order valence-corrected chi connectivity index (χ1v) is 10.5. The molecule has 0 fully saturated rings. The van der Waals surface area contributed by atoms with Gasteiger partial charge in [0.1, 0.15) is 18.1 Å². The Bertz CT molecular complexity index is 1280. The predicted octanol–water partition coefficient (Wildman–Crippen LogP) is 4.27. The number of carbonyl (C=O) groups is 2. The van der Waals surface area contributed by atoms with Crippen molar-refractivity contribution in [1.29, 1.82) is 0 Å². The Morgan fingerprint density at radius 1 is 1.00 bits per heavy atom. The fraction of sp³-hybridized carbons (Fsp3) is 0.0769. The van der Waals surface area contributed by atoms with E-state index in [1.807, 2.05) is 42.5 Å². The average molecular weight is 454 g/mol. The van der Waals surface area contributed by atoms with E-state index in [-0.39, 0.29) is 5.91 Å². The molecule has 0 unspecified atom stereocenters. The summed E-state index contributed by atoms with van der Waals surface area (Å²) in [7, 11) is 1.74. The second kappa shape index (κ2) is 10.7. The van der Waals surface area contributed by atoms with E-state index in [1.165, 1.54) is 12.3 Å². The number of benzene rings is 2. The zero-order valence-corrected chi connectivity index (χ0v) is 18.4.